The van der Waals surface area contributed by atoms with Gasteiger partial charge >= 0.3 is 0 Å². The highest BCUT2D eigenvalue weighted by atomic mass is 35.5. The van der Waals surface area contributed by atoms with E-state index in [1.807, 2.05) is 26.1 Å². The van der Waals surface area contributed by atoms with Gasteiger partial charge in [-0.3, -0.25) is 14.4 Å². The molecule has 8 nitrogen and oxygen atoms in total. The Labute approximate surface area is 216 Å². The van der Waals surface area contributed by atoms with E-state index < -0.39 is 16.1 Å². The van der Waals surface area contributed by atoms with Crippen LogP contribution in [0.5, 0.6) is 5.75 Å². The largest absolute Gasteiger partial charge is 0.488 e. The molecule has 35 heavy (non-hydrogen) atoms. The molecular weight excluding hydrogens is 513 g/mol. The number of aliphatic hydroxyl groups excluding tert-OH is 1. The van der Waals surface area contributed by atoms with Crippen LogP contribution in [0.4, 0.5) is 5.69 Å². The topological polar surface area (TPSA) is 99.2 Å². The van der Waals surface area contributed by atoms with E-state index in [1.54, 1.807) is 30.0 Å². The van der Waals surface area contributed by atoms with Crippen molar-refractivity contribution in [2.75, 3.05) is 37.7 Å². The molecule has 1 heterocycles. The van der Waals surface area contributed by atoms with E-state index in [4.69, 9.17) is 27.9 Å². The molecule has 11 heteroatoms. The molecule has 3 rings (SSSR count). The Bertz CT molecular complexity index is 1180. The first-order valence-corrected chi connectivity index (χ1v) is 13.9. The minimum atomic E-state index is -3.52. The van der Waals surface area contributed by atoms with Gasteiger partial charge in [0.15, 0.2) is 0 Å². The summed E-state index contributed by atoms with van der Waals surface area (Å²) in [6.45, 7) is 5.12. The third kappa shape index (κ3) is 7.24. The Kier molecular flexibility index (Phi) is 8.93. The highest BCUT2D eigenvalue weighted by Crippen LogP contribution is 2.31. The number of ether oxygens (including phenoxy) is 1. The number of sulfonamides is 1. The molecule has 0 aromatic heterocycles. The van der Waals surface area contributed by atoms with E-state index in [2.05, 4.69) is 9.62 Å². The first-order valence-electron chi connectivity index (χ1n) is 11.2. The minimum Gasteiger partial charge on any atom is -0.488 e. The van der Waals surface area contributed by atoms with Gasteiger partial charge < -0.3 is 14.7 Å². The molecule has 192 valence electrons. The van der Waals surface area contributed by atoms with Crippen molar-refractivity contribution in [2.45, 2.75) is 32.5 Å². The monoisotopic (exact) mass is 543 g/mol. The fourth-order valence-corrected chi connectivity index (χ4v) is 4.92. The van der Waals surface area contributed by atoms with Gasteiger partial charge in [0.05, 0.1) is 34.5 Å². The number of fused-ring (bicyclic) bond motifs is 1. The number of amides is 1. The minimum absolute atomic E-state index is 0.0498. The van der Waals surface area contributed by atoms with Crippen LogP contribution in [0.1, 0.15) is 29.8 Å². The summed E-state index contributed by atoms with van der Waals surface area (Å²) in [5.41, 5.74) is 1.51. The van der Waals surface area contributed by atoms with Gasteiger partial charge in [0.25, 0.3) is 5.91 Å². The summed E-state index contributed by atoms with van der Waals surface area (Å²) in [5, 5.41) is 10.8. The van der Waals surface area contributed by atoms with Crippen LogP contribution < -0.4 is 9.46 Å². The number of aliphatic hydroxyl groups is 1. The van der Waals surface area contributed by atoms with E-state index >= 15 is 0 Å². The maximum Gasteiger partial charge on any atom is 0.258 e. The number of nitrogens with one attached hydrogen (secondary N) is 1. The first-order chi connectivity index (χ1) is 16.4. The SMILES string of the molecule is C[C@@H]1CN([C@@H](C)CO)C(=O)c2cc(NS(C)(=O)=O)ccc2O[C@H]1CN(C)Cc1ccc(Cl)c(Cl)c1. The third-order valence-electron chi connectivity index (χ3n) is 5.90. The molecule has 0 radical (unpaired) electrons. The molecule has 2 aromatic carbocycles. The quantitative estimate of drug-likeness (QED) is 0.526. The van der Waals surface area contributed by atoms with Gasteiger partial charge in [0, 0.05) is 31.2 Å². The van der Waals surface area contributed by atoms with E-state index in [9.17, 15) is 18.3 Å². The van der Waals surface area contributed by atoms with Gasteiger partial charge in [0.1, 0.15) is 11.9 Å². The van der Waals surface area contributed by atoms with Crippen LogP contribution in [0, 0.1) is 5.92 Å². The Morgan fingerprint density at radius 2 is 1.94 bits per heavy atom. The van der Waals surface area contributed by atoms with Crippen LogP contribution in [-0.4, -0.2) is 74.4 Å². The number of nitrogens with zero attached hydrogens (tertiary/aromatic N) is 2. The second kappa shape index (κ2) is 11.3. The number of halogens is 2. The summed E-state index contributed by atoms with van der Waals surface area (Å²) in [7, 11) is -1.55. The van der Waals surface area contributed by atoms with Gasteiger partial charge in [-0.2, -0.15) is 0 Å². The molecule has 2 aromatic rings. The molecule has 3 atom stereocenters. The van der Waals surface area contributed by atoms with Crippen LogP contribution in [0.3, 0.4) is 0 Å². The molecule has 2 N–H and O–H groups in total. The van der Waals surface area contributed by atoms with Crippen molar-refractivity contribution < 1.29 is 23.1 Å². The molecule has 0 unspecified atom stereocenters. The predicted molar refractivity (Wildman–Crippen MR) is 139 cm³/mol. The third-order valence-corrected chi connectivity index (χ3v) is 7.24. The number of anilines is 1. The van der Waals surface area contributed by atoms with E-state index in [1.165, 1.54) is 6.07 Å². The molecule has 0 saturated heterocycles. The standard InChI is InChI=1S/C24H31Cl2N3O5S/c1-15-11-29(16(2)14-30)24(31)19-10-18(27-35(4,32)33)6-8-22(19)34-23(15)13-28(3)12-17-5-7-20(25)21(26)9-17/h5-10,15-16,23,27,30H,11-14H2,1-4H3/t15-,16+,23+/m1/s1. The number of likely N-dealkylation sites (N-methyl/N-ethyl adjacent to an activating group) is 1. The number of benzene rings is 2. The van der Waals surface area contributed by atoms with Crippen molar-refractivity contribution in [2.24, 2.45) is 5.92 Å². The second-order valence-corrected chi connectivity index (χ2v) is 11.7. The lowest BCUT2D eigenvalue weighted by molar-refractivity contribution is 0.0341. The van der Waals surface area contributed by atoms with E-state index in [0.29, 0.717) is 35.4 Å². The van der Waals surface area contributed by atoms with Crippen molar-refractivity contribution in [1.82, 2.24) is 9.80 Å². The van der Waals surface area contributed by atoms with Crippen LogP contribution in [0.2, 0.25) is 10.0 Å². The normalized spacial score (nSPS) is 19.5. The lowest BCUT2D eigenvalue weighted by Gasteiger charge is -2.38. The predicted octanol–water partition coefficient (Wildman–Crippen LogP) is 3.72. The summed E-state index contributed by atoms with van der Waals surface area (Å²) in [4.78, 5) is 17.1. The highest BCUT2D eigenvalue weighted by molar-refractivity contribution is 7.92. The van der Waals surface area contributed by atoms with Gasteiger partial charge in [-0.1, -0.05) is 36.2 Å². The van der Waals surface area contributed by atoms with Crippen LogP contribution >= 0.6 is 23.2 Å². The summed E-state index contributed by atoms with van der Waals surface area (Å²) < 4.78 is 32.2. The second-order valence-electron chi connectivity index (χ2n) is 9.15. The number of hydrogen-bond donors (Lipinski definition) is 2. The van der Waals surface area contributed by atoms with Gasteiger partial charge in [-0.25, -0.2) is 8.42 Å². The smallest absolute Gasteiger partial charge is 0.258 e. The first kappa shape index (κ1) is 27.5. The van der Waals surface area contributed by atoms with E-state index in [0.717, 1.165) is 11.8 Å². The van der Waals surface area contributed by atoms with Gasteiger partial charge in [0.2, 0.25) is 10.0 Å². The molecule has 0 saturated carbocycles. The maximum atomic E-state index is 13.4. The fourth-order valence-electron chi connectivity index (χ4n) is 4.04. The Balaban J connectivity index is 1.90. The van der Waals surface area contributed by atoms with Crippen molar-refractivity contribution in [3.63, 3.8) is 0 Å². The average molecular weight is 545 g/mol. The zero-order valence-corrected chi connectivity index (χ0v) is 22.5. The zero-order chi connectivity index (χ0) is 25.9. The number of rotatable bonds is 8. The van der Waals surface area contributed by atoms with Crippen molar-refractivity contribution in [3.8, 4) is 5.75 Å². The Morgan fingerprint density at radius 3 is 2.57 bits per heavy atom. The van der Waals surface area contributed by atoms with Gasteiger partial charge in [-0.05, 0) is 49.9 Å². The average Bonchev–Trinajstić information content (AvgIpc) is 2.77. The number of carbonyl (C=O) groups is 1. The van der Waals surface area contributed by atoms with Gasteiger partial charge in [-0.15, -0.1) is 0 Å². The molecule has 0 spiro atoms. The van der Waals surface area contributed by atoms with Crippen molar-refractivity contribution in [1.29, 1.82) is 0 Å². The number of hydrogen-bond acceptors (Lipinski definition) is 6. The molecular formula is C24H31Cl2N3O5S. The highest BCUT2D eigenvalue weighted by Gasteiger charge is 2.33. The fraction of sp³-hybridized carbons (Fsp3) is 0.458. The Morgan fingerprint density at radius 1 is 1.23 bits per heavy atom. The zero-order valence-electron chi connectivity index (χ0n) is 20.2. The van der Waals surface area contributed by atoms with Crippen LogP contribution in [0.15, 0.2) is 36.4 Å². The van der Waals surface area contributed by atoms with Crippen LogP contribution in [0.25, 0.3) is 0 Å². The molecule has 0 aliphatic carbocycles. The summed E-state index contributed by atoms with van der Waals surface area (Å²) in [6.07, 6.45) is 0.764. The molecule has 0 bridgehead atoms. The summed E-state index contributed by atoms with van der Waals surface area (Å²) in [6, 6.07) is 9.74. The summed E-state index contributed by atoms with van der Waals surface area (Å²) in [5.74, 6) is -0.0111. The molecule has 1 aliphatic rings. The Hall–Kier alpha value is -2.04. The molecule has 1 amide bonds. The lowest BCUT2D eigenvalue weighted by atomic mass is 9.99. The van der Waals surface area contributed by atoms with Crippen LogP contribution in [-0.2, 0) is 16.6 Å². The molecule has 0 fully saturated rings. The number of carbonyl (C=O) groups excluding carboxylic acids is 1. The lowest BCUT2D eigenvalue weighted by Crippen LogP contribution is -2.49. The van der Waals surface area contributed by atoms with Crippen molar-refractivity contribution in [3.05, 3.63) is 57.6 Å². The summed E-state index contributed by atoms with van der Waals surface area (Å²) >= 11 is 12.2. The maximum absolute atomic E-state index is 13.4. The molecule has 1 aliphatic heterocycles. The van der Waals surface area contributed by atoms with E-state index in [-0.39, 0.29) is 35.8 Å². The van der Waals surface area contributed by atoms with Crippen molar-refractivity contribution >= 4 is 44.8 Å².